The first kappa shape index (κ1) is 15.1. The van der Waals surface area contributed by atoms with Gasteiger partial charge in [0.1, 0.15) is 0 Å². The lowest BCUT2D eigenvalue weighted by Crippen LogP contribution is -2.24. The Morgan fingerprint density at radius 2 is 1.70 bits per heavy atom. The maximum absolute atomic E-state index is 11.9. The summed E-state index contributed by atoms with van der Waals surface area (Å²) in [6, 6.07) is 20.4. The molecule has 23 heavy (non-hydrogen) atoms. The van der Waals surface area contributed by atoms with Crippen LogP contribution in [0.3, 0.4) is 0 Å². The molecule has 0 atom stereocenters. The summed E-state index contributed by atoms with van der Waals surface area (Å²) < 4.78 is 0. The normalized spacial score (nSPS) is 10.8. The van der Waals surface area contributed by atoms with Gasteiger partial charge >= 0.3 is 6.03 Å². The molecule has 0 saturated carbocycles. The van der Waals surface area contributed by atoms with Gasteiger partial charge in [0.05, 0.1) is 11.9 Å². The molecule has 0 fully saturated rings. The third-order valence-corrected chi connectivity index (χ3v) is 3.54. The van der Waals surface area contributed by atoms with E-state index >= 15 is 0 Å². The third-order valence-electron chi connectivity index (χ3n) is 3.29. The van der Waals surface area contributed by atoms with E-state index in [9.17, 15) is 4.79 Å². The van der Waals surface area contributed by atoms with Gasteiger partial charge in [0, 0.05) is 10.4 Å². The van der Waals surface area contributed by atoms with Crippen LogP contribution in [0.15, 0.2) is 71.8 Å². The molecule has 0 bridgehead atoms. The molecule has 2 N–H and O–H groups in total. The molecule has 0 unspecified atom stereocenters. The summed E-state index contributed by atoms with van der Waals surface area (Å²) >= 11 is 5.81. The quantitative estimate of drug-likeness (QED) is 0.535. The van der Waals surface area contributed by atoms with Crippen molar-refractivity contribution < 1.29 is 4.79 Å². The van der Waals surface area contributed by atoms with Crippen LogP contribution in [0.1, 0.15) is 5.56 Å². The zero-order chi connectivity index (χ0) is 16.1. The second-order valence-corrected chi connectivity index (χ2v) is 5.34. The molecule has 3 aromatic rings. The minimum Gasteiger partial charge on any atom is -0.306 e. The van der Waals surface area contributed by atoms with Crippen LogP contribution in [0.2, 0.25) is 5.02 Å². The number of urea groups is 1. The van der Waals surface area contributed by atoms with Crippen LogP contribution in [-0.4, -0.2) is 12.2 Å². The van der Waals surface area contributed by atoms with Gasteiger partial charge in [-0.1, -0.05) is 60.1 Å². The fourth-order valence-electron chi connectivity index (χ4n) is 2.20. The smallest absolute Gasteiger partial charge is 0.306 e. The van der Waals surface area contributed by atoms with Gasteiger partial charge in [-0.15, -0.1) is 0 Å². The van der Waals surface area contributed by atoms with Gasteiger partial charge in [0.15, 0.2) is 0 Å². The van der Waals surface area contributed by atoms with E-state index in [1.807, 2.05) is 54.6 Å². The summed E-state index contributed by atoms with van der Waals surface area (Å²) in [5.74, 6) is 0. The highest BCUT2D eigenvalue weighted by Crippen LogP contribution is 2.22. The highest BCUT2D eigenvalue weighted by molar-refractivity contribution is 6.30. The molecule has 0 aliphatic carbocycles. The molecule has 0 saturated heterocycles. The molecule has 0 aromatic heterocycles. The summed E-state index contributed by atoms with van der Waals surface area (Å²) in [5, 5.41) is 9.41. The highest BCUT2D eigenvalue weighted by atomic mass is 35.5. The van der Waals surface area contributed by atoms with E-state index < -0.39 is 6.03 Å². The average Bonchev–Trinajstić information content (AvgIpc) is 2.57. The average molecular weight is 324 g/mol. The Kier molecular flexibility index (Phi) is 4.54. The van der Waals surface area contributed by atoms with Crippen LogP contribution in [0.25, 0.3) is 10.8 Å². The molecule has 5 heteroatoms. The minimum absolute atomic E-state index is 0.397. The summed E-state index contributed by atoms with van der Waals surface area (Å²) in [6.07, 6.45) is 1.55. The molecule has 2 amide bonds. The molecule has 0 aliphatic rings. The first-order chi connectivity index (χ1) is 11.2. The van der Waals surface area contributed by atoms with Crippen molar-refractivity contribution in [2.24, 2.45) is 5.10 Å². The number of nitrogens with one attached hydrogen (secondary N) is 2. The predicted molar refractivity (Wildman–Crippen MR) is 95.1 cm³/mol. The standard InChI is InChI=1S/C18H14ClN3O/c19-15-10-8-13(9-11-15)12-20-22-18(23)21-17-7-3-5-14-4-1-2-6-16(14)17/h1-12H,(H2,21,22,23)/b20-12+. The van der Waals surface area contributed by atoms with Crippen LogP contribution < -0.4 is 10.7 Å². The first-order valence-corrected chi connectivity index (χ1v) is 7.43. The second-order valence-electron chi connectivity index (χ2n) is 4.90. The lowest BCUT2D eigenvalue weighted by molar-refractivity contribution is 0.252. The Bertz CT molecular complexity index is 854. The van der Waals surface area contributed by atoms with Crippen molar-refractivity contribution in [1.29, 1.82) is 0 Å². The maximum Gasteiger partial charge on any atom is 0.339 e. The van der Waals surface area contributed by atoms with E-state index in [1.54, 1.807) is 18.3 Å². The topological polar surface area (TPSA) is 53.5 Å². The number of fused-ring (bicyclic) bond motifs is 1. The molecule has 0 spiro atoms. The zero-order valence-corrected chi connectivity index (χ0v) is 12.9. The second kappa shape index (κ2) is 6.94. The molecule has 3 aromatic carbocycles. The van der Waals surface area contributed by atoms with Crippen molar-refractivity contribution in [3.05, 3.63) is 77.3 Å². The molecule has 0 heterocycles. The fourth-order valence-corrected chi connectivity index (χ4v) is 2.32. The van der Waals surface area contributed by atoms with Crippen molar-refractivity contribution in [2.45, 2.75) is 0 Å². The summed E-state index contributed by atoms with van der Waals surface area (Å²) in [7, 11) is 0. The van der Waals surface area contributed by atoms with Gasteiger partial charge in [0.2, 0.25) is 0 Å². The van der Waals surface area contributed by atoms with Gasteiger partial charge < -0.3 is 5.32 Å². The van der Waals surface area contributed by atoms with Gasteiger partial charge in [-0.05, 0) is 29.1 Å². The van der Waals surface area contributed by atoms with Crippen molar-refractivity contribution in [3.63, 3.8) is 0 Å². The lowest BCUT2D eigenvalue weighted by atomic mass is 10.1. The van der Waals surface area contributed by atoms with E-state index in [0.29, 0.717) is 5.02 Å². The van der Waals surface area contributed by atoms with Gasteiger partial charge in [-0.2, -0.15) is 5.10 Å². The molecular weight excluding hydrogens is 310 g/mol. The number of nitrogens with zero attached hydrogens (tertiary/aromatic N) is 1. The number of hydrogen-bond donors (Lipinski definition) is 2. The predicted octanol–water partition coefficient (Wildman–Crippen LogP) is 4.65. The molecule has 0 radical (unpaired) electrons. The van der Waals surface area contributed by atoms with E-state index in [4.69, 9.17) is 11.6 Å². The first-order valence-electron chi connectivity index (χ1n) is 7.06. The monoisotopic (exact) mass is 323 g/mol. The Morgan fingerprint density at radius 3 is 2.52 bits per heavy atom. The largest absolute Gasteiger partial charge is 0.339 e. The van der Waals surface area contributed by atoms with Crippen LogP contribution in [-0.2, 0) is 0 Å². The number of benzene rings is 3. The van der Waals surface area contributed by atoms with Crippen molar-refractivity contribution in [1.82, 2.24) is 5.43 Å². The summed E-state index contributed by atoms with van der Waals surface area (Å²) in [6.45, 7) is 0. The van der Waals surface area contributed by atoms with Crippen molar-refractivity contribution in [3.8, 4) is 0 Å². The Labute approximate surface area is 138 Å². The number of rotatable bonds is 3. The SMILES string of the molecule is O=C(N/N=C/c1ccc(Cl)cc1)Nc1cccc2ccccc12. The number of halogens is 1. The fraction of sp³-hybridized carbons (Fsp3) is 0. The molecule has 3 rings (SSSR count). The van der Waals surface area contributed by atoms with E-state index in [2.05, 4.69) is 15.8 Å². The summed E-state index contributed by atoms with van der Waals surface area (Å²) in [5.41, 5.74) is 4.03. The van der Waals surface area contributed by atoms with Crippen LogP contribution >= 0.6 is 11.6 Å². The minimum atomic E-state index is -0.397. The molecular formula is C18H14ClN3O. The Balaban J connectivity index is 1.66. The maximum atomic E-state index is 11.9. The molecule has 0 aliphatic heterocycles. The lowest BCUT2D eigenvalue weighted by Gasteiger charge is -2.07. The van der Waals surface area contributed by atoms with Crippen LogP contribution in [0.4, 0.5) is 10.5 Å². The number of carbonyl (C=O) groups excluding carboxylic acids is 1. The van der Waals surface area contributed by atoms with Gasteiger partial charge in [-0.25, -0.2) is 10.2 Å². The van der Waals surface area contributed by atoms with Crippen molar-refractivity contribution >= 4 is 40.3 Å². The van der Waals surface area contributed by atoms with Crippen LogP contribution in [0.5, 0.6) is 0 Å². The van der Waals surface area contributed by atoms with E-state index in [-0.39, 0.29) is 0 Å². The number of hydrogen-bond acceptors (Lipinski definition) is 2. The number of amides is 2. The number of hydrazone groups is 1. The zero-order valence-electron chi connectivity index (χ0n) is 12.2. The Morgan fingerprint density at radius 1 is 0.957 bits per heavy atom. The van der Waals surface area contributed by atoms with Crippen molar-refractivity contribution in [2.75, 3.05) is 5.32 Å². The highest BCUT2D eigenvalue weighted by Gasteiger charge is 2.03. The Hall–Kier alpha value is -2.85. The van der Waals surface area contributed by atoms with Gasteiger partial charge in [0.25, 0.3) is 0 Å². The van der Waals surface area contributed by atoms with E-state index in [1.165, 1.54) is 0 Å². The van der Waals surface area contributed by atoms with Gasteiger partial charge in [-0.3, -0.25) is 0 Å². The third kappa shape index (κ3) is 3.87. The number of carbonyl (C=O) groups is 1. The molecule has 4 nitrogen and oxygen atoms in total. The van der Waals surface area contributed by atoms with Crippen LogP contribution in [0, 0.1) is 0 Å². The summed E-state index contributed by atoms with van der Waals surface area (Å²) in [4.78, 5) is 11.9. The van der Waals surface area contributed by atoms with E-state index in [0.717, 1.165) is 22.0 Å². The molecule has 114 valence electrons. The number of anilines is 1.